The fourth-order valence-electron chi connectivity index (χ4n) is 3.42. The van der Waals surface area contributed by atoms with Gasteiger partial charge in [0.2, 0.25) is 5.91 Å². The van der Waals surface area contributed by atoms with Crippen LogP contribution in [0.1, 0.15) is 29.8 Å². The van der Waals surface area contributed by atoms with E-state index in [9.17, 15) is 9.18 Å². The fourth-order valence-corrected chi connectivity index (χ4v) is 3.63. The van der Waals surface area contributed by atoms with Crippen molar-refractivity contribution in [1.29, 1.82) is 0 Å². The molecule has 0 atom stereocenters. The molecule has 0 radical (unpaired) electrons. The van der Waals surface area contributed by atoms with Crippen molar-refractivity contribution >= 4 is 34.0 Å². The number of rotatable bonds is 11. The third kappa shape index (κ3) is 7.11. The van der Waals surface area contributed by atoms with Crippen molar-refractivity contribution in [3.63, 3.8) is 0 Å². The number of amides is 1. The monoisotopic (exact) mass is 531 g/mol. The van der Waals surface area contributed by atoms with Gasteiger partial charge in [-0.1, -0.05) is 49.9 Å². The van der Waals surface area contributed by atoms with Crippen LogP contribution in [0.2, 0.25) is 5.02 Å². The molecule has 5 nitrogen and oxygen atoms in total. The lowest BCUT2D eigenvalue weighted by molar-refractivity contribution is -0.120. The first kappa shape index (κ1) is 28.9. The minimum Gasteiger partial charge on any atom is -0.376 e. The Bertz CT molecular complexity index is 1250. The number of hydrogen-bond donors (Lipinski definition) is 3. The molecule has 0 aliphatic rings. The summed E-state index contributed by atoms with van der Waals surface area (Å²) in [5.41, 5.74) is 2.36. The van der Waals surface area contributed by atoms with E-state index in [1.807, 2.05) is 0 Å². The van der Waals surface area contributed by atoms with Crippen molar-refractivity contribution < 1.29 is 31.5 Å². The van der Waals surface area contributed by atoms with Crippen molar-refractivity contribution in [2.24, 2.45) is 0 Å². The molecule has 3 rings (SSSR count). The van der Waals surface area contributed by atoms with Crippen molar-refractivity contribution in [1.82, 2.24) is 10.8 Å². The summed E-state index contributed by atoms with van der Waals surface area (Å²) in [6.07, 6.45) is -0.396. The molecule has 200 valence electrons. The molecular weight excluding hydrogens is 498 g/mol. The number of anilines is 1. The van der Waals surface area contributed by atoms with Crippen LogP contribution in [0, 0.1) is 11.6 Å². The van der Waals surface area contributed by atoms with Crippen molar-refractivity contribution in [2.45, 2.75) is 26.7 Å². The van der Waals surface area contributed by atoms with E-state index in [2.05, 4.69) is 22.7 Å². The maximum absolute atomic E-state index is 15.1. The van der Waals surface area contributed by atoms with E-state index in [1.54, 1.807) is 13.0 Å². The van der Waals surface area contributed by atoms with E-state index in [4.69, 9.17) is 16.4 Å². The molecule has 36 heavy (non-hydrogen) atoms. The lowest BCUT2D eigenvalue weighted by Gasteiger charge is -2.21. The average molecular weight is 532 g/mol. The van der Waals surface area contributed by atoms with E-state index < -0.39 is 36.4 Å². The summed E-state index contributed by atoms with van der Waals surface area (Å²) in [6, 6.07) is 10.4. The molecule has 0 aliphatic heterocycles. The van der Waals surface area contributed by atoms with Gasteiger partial charge in [0.1, 0.15) is 5.82 Å². The van der Waals surface area contributed by atoms with Gasteiger partial charge in [0.15, 0.2) is 5.82 Å². The van der Waals surface area contributed by atoms with Crippen LogP contribution in [0.3, 0.4) is 0 Å². The summed E-state index contributed by atoms with van der Waals surface area (Å²) in [5, 5.41) is 5.06. The van der Waals surface area contributed by atoms with Crippen LogP contribution in [-0.2, 0) is 22.0 Å². The Labute approximate surface area is 216 Å². The highest BCUT2D eigenvalue weighted by Gasteiger charge is 2.34. The highest BCUT2D eigenvalue weighted by Crippen LogP contribution is 2.35. The van der Waals surface area contributed by atoms with Crippen molar-refractivity contribution in [3.8, 4) is 0 Å². The van der Waals surface area contributed by atoms with E-state index in [0.29, 0.717) is 5.70 Å². The van der Waals surface area contributed by atoms with Crippen LogP contribution >= 0.6 is 11.6 Å². The Morgan fingerprint density at radius 1 is 1.11 bits per heavy atom. The van der Waals surface area contributed by atoms with Crippen LogP contribution < -0.4 is 16.1 Å². The lowest BCUT2D eigenvalue weighted by atomic mass is 9.99. The Hall–Kier alpha value is -3.30. The Morgan fingerprint density at radius 2 is 1.81 bits per heavy atom. The van der Waals surface area contributed by atoms with E-state index >= 15 is 13.2 Å². The summed E-state index contributed by atoms with van der Waals surface area (Å²) in [7, 11) is 0. The molecule has 0 aliphatic carbocycles. The van der Waals surface area contributed by atoms with Crippen molar-refractivity contribution in [2.75, 3.05) is 25.0 Å². The third-order valence-corrected chi connectivity index (χ3v) is 5.42. The zero-order valence-corrected chi connectivity index (χ0v) is 19.6. The van der Waals surface area contributed by atoms with Crippen molar-refractivity contribution in [3.05, 3.63) is 88.6 Å². The number of hydroxylamine groups is 1. The second-order valence-corrected chi connectivity index (χ2v) is 8.25. The molecule has 1 amide bonds. The third-order valence-electron chi connectivity index (χ3n) is 5.06. The largest absolute Gasteiger partial charge is 0.376 e. The molecule has 0 spiro atoms. The predicted octanol–water partition coefficient (Wildman–Crippen LogP) is 7.06. The van der Waals surface area contributed by atoms with Gasteiger partial charge in [-0.15, -0.1) is 0 Å². The fraction of sp³-hybridized carbons (Fsp3) is 0.269. The summed E-state index contributed by atoms with van der Waals surface area (Å²) < 4.78 is 59.2. The first-order valence-electron chi connectivity index (χ1n) is 10.7. The molecule has 0 aromatic heterocycles. The zero-order chi connectivity index (χ0) is 25.6. The SMILES string of the molecule is C.C=C(C)NOCCNC(=O)Cc1c(Cl)ccc(NCC(F)(F)c2ccc(F)c3ccccc23)c1F.[HH].[HH].[HH]. The Morgan fingerprint density at radius 3 is 2.50 bits per heavy atom. The number of halogens is 5. The Balaban J connectivity index is 0. The number of carbonyl (C=O) groups excluding carboxylic acids is 1. The number of hydrogen-bond acceptors (Lipinski definition) is 4. The molecule has 0 bridgehead atoms. The lowest BCUT2D eigenvalue weighted by Crippen LogP contribution is -2.30. The predicted molar refractivity (Wildman–Crippen MR) is 141 cm³/mol. The first-order chi connectivity index (χ1) is 16.6. The molecule has 0 saturated carbocycles. The van der Waals surface area contributed by atoms with Gasteiger partial charge in [-0.25, -0.2) is 8.78 Å². The number of nitrogens with one attached hydrogen (secondary N) is 3. The summed E-state index contributed by atoms with van der Waals surface area (Å²) in [4.78, 5) is 17.2. The number of alkyl halides is 2. The minimum absolute atomic E-state index is 0. The standard InChI is InChI=1S/C25H24ClF4N3O2.CH4.3H2/c1-15(2)33-35-12-11-31-23(34)13-18-20(26)8-10-22(24(18)28)32-14-25(29,30)19-7-9-21(27)17-6-4-3-5-16(17)19;;;;/h3-10,32-33H,1,11-14H2,2H3,(H,31,34);1H4;3*1H. The summed E-state index contributed by atoms with van der Waals surface area (Å²) in [5.74, 6) is -5.50. The van der Waals surface area contributed by atoms with Gasteiger partial charge in [-0.3, -0.25) is 15.1 Å². The van der Waals surface area contributed by atoms with Gasteiger partial charge in [0.05, 0.1) is 25.3 Å². The molecule has 3 aromatic carbocycles. The molecule has 3 aromatic rings. The normalized spacial score (nSPS) is 11.1. The second-order valence-electron chi connectivity index (χ2n) is 7.84. The molecule has 0 unspecified atom stereocenters. The molecule has 3 N–H and O–H groups in total. The number of carbonyl (C=O) groups is 1. The maximum Gasteiger partial charge on any atom is 0.290 e. The molecular formula is C26H34ClF4N3O2. The topological polar surface area (TPSA) is 62.4 Å². The summed E-state index contributed by atoms with van der Waals surface area (Å²) >= 11 is 6.05. The highest BCUT2D eigenvalue weighted by molar-refractivity contribution is 6.31. The molecule has 0 fully saturated rings. The number of benzene rings is 3. The van der Waals surface area contributed by atoms with Gasteiger partial charge >= 0.3 is 0 Å². The van der Waals surface area contributed by atoms with E-state index in [1.165, 1.54) is 30.3 Å². The number of fused-ring (bicyclic) bond motifs is 1. The molecule has 0 saturated heterocycles. The minimum atomic E-state index is -3.45. The summed E-state index contributed by atoms with van der Waals surface area (Å²) in [6.45, 7) is 4.62. The zero-order valence-electron chi connectivity index (χ0n) is 18.9. The average Bonchev–Trinajstić information content (AvgIpc) is 2.81. The second kappa shape index (κ2) is 12.6. The van der Waals surface area contributed by atoms with Gasteiger partial charge < -0.3 is 10.6 Å². The van der Waals surface area contributed by atoms with Gasteiger partial charge in [0.25, 0.3) is 5.92 Å². The van der Waals surface area contributed by atoms with Gasteiger partial charge in [-0.05, 0) is 36.6 Å². The quantitative estimate of drug-likeness (QED) is 0.141. The smallest absolute Gasteiger partial charge is 0.290 e. The first-order valence-corrected chi connectivity index (χ1v) is 11.0. The molecule has 10 heteroatoms. The van der Waals surface area contributed by atoms with Crippen LogP contribution in [0.5, 0.6) is 0 Å². The van der Waals surface area contributed by atoms with E-state index in [-0.39, 0.29) is 57.5 Å². The van der Waals surface area contributed by atoms with Crippen LogP contribution in [-0.4, -0.2) is 25.6 Å². The van der Waals surface area contributed by atoms with Gasteiger partial charge in [0, 0.05) is 38.1 Å². The van der Waals surface area contributed by atoms with E-state index in [0.717, 1.165) is 12.1 Å². The Kier molecular flexibility index (Phi) is 10.1. The highest BCUT2D eigenvalue weighted by atomic mass is 35.5. The van der Waals surface area contributed by atoms with Crippen LogP contribution in [0.15, 0.2) is 60.8 Å². The van der Waals surface area contributed by atoms with Crippen LogP contribution in [0.25, 0.3) is 10.8 Å². The van der Waals surface area contributed by atoms with Gasteiger partial charge in [-0.2, -0.15) is 8.78 Å². The maximum atomic E-state index is 15.1. The van der Waals surface area contributed by atoms with Crippen LogP contribution in [0.4, 0.5) is 23.2 Å². The molecule has 0 heterocycles. The number of allylic oxidation sites excluding steroid dienone is 1.